The molecule has 0 bridgehead atoms. The molecule has 1 saturated heterocycles. The van der Waals surface area contributed by atoms with Crippen LogP contribution in [-0.4, -0.2) is 63.7 Å². The third-order valence-electron chi connectivity index (χ3n) is 5.75. The van der Waals surface area contributed by atoms with E-state index in [-0.39, 0.29) is 29.0 Å². The Morgan fingerprint density at radius 3 is 2.79 bits per heavy atom. The van der Waals surface area contributed by atoms with Crippen LogP contribution >= 0.6 is 0 Å². The third-order valence-corrected chi connectivity index (χ3v) is 7.17. The summed E-state index contributed by atoms with van der Waals surface area (Å²) < 4.78 is 35.6. The minimum Gasteiger partial charge on any atom is -0.377 e. The quantitative estimate of drug-likeness (QED) is 0.502. The number of nitrogens with zero attached hydrogens (tertiary/aromatic N) is 2. The van der Waals surface area contributed by atoms with Gasteiger partial charge in [-0.1, -0.05) is 6.07 Å². The normalized spacial score (nSPS) is 16.5. The second-order valence-corrected chi connectivity index (χ2v) is 10.3. The summed E-state index contributed by atoms with van der Waals surface area (Å²) in [4.78, 5) is 15.0. The Labute approximate surface area is 194 Å². The third kappa shape index (κ3) is 5.80. The molecule has 1 aliphatic rings. The van der Waals surface area contributed by atoms with Crippen LogP contribution < -0.4 is 10.0 Å². The van der Waals surface area contributed by atoms with Crippen molar-refractivity contribution in [2.75, 3.05) is 39.1 Å². The Kier molecular flexibility index (Phi) is 7.14. The lowest BCUT2D eigenvalue weighted by atomic mass is 10.2. The van der Waals surface area contributed by atoms with Gasteiger partial charge in [0.1, 0.15) is 0 Å². The van der Waals surface area contributed by atoms with E-state index >= 15 is 0 Å². The molecule has 33 heavy (non-hydrogen) atoms. The molecular weight excluding hydrogens is 440 g/mol. The number of fused-ring (bicyclic) bond motifs is 1. The molecule has 3 aromatic rings. The number of carbonyl (C=O) groups excluding carboxylic acids is 1. The lowest BCUT2D eigenvalue weighted by Crippen LogP contribution is -2.32. The summed E-state index contributed by atoms with van der Waals surface area (Å²) in [6, 6.07) is 13.8. The molecule has 4 rings (SSSR count). The van der Waals surface area contributed by atoms with Crippen molar-refractivity contribution < 1.29 is 17.9 Å². The fourth-order valence-electron chi connectivity index (χ4n) is 3.88. The molecule has 1 atom stereocenters. The van der Waals surface area contributed by atoms with Crippen LogP contribution in [-0.2, 0) is 21.3 Å². The van der Waals surface area contributed by atoms with Crippen molar-refractivity contribution in [1.82, 2.24) is 14.2 Å². The fraction of sp³-hybridized carbons (Fsp3) is 0.375. The first-order valence-corrected chi connectivity index (χ1v) is 12.6. The molecule has 9 heteroatoms. The molecule has 2 heterocycles. The number of aromatic nitrogens is 1. The number of sulfonamides is 1. The summed E-state index contributed by atoms with van der Waals surface area (Å²) >= 11 is 0. The van der Waals surface area contributed by atoms with Crippen LogP contribution in [0.1, 0.15) is 23.2 Å². The van der Waals surface area contributed by atoms with Gasteiger partial charge >= 0.3 is 0 Å². The lowest BCUT2D eigenvalue weighted by Gasteiger charge is -2.12. The summed E-state index contributed by atoms with van der Waals surface area (Å²) in [5, 5.41) is 3.90. The van der Waals surface area contributed by atoms with Crippen LogP contribution in [0.5, 0.6) is 0 Å². The minimum absolute atomic E-state index is 0.0570. The molecule has 1 aliphatic heterocycles. The van der Waals surface area contributed by atoms with Gasteiger partial charge in [-0.25, -0.2) is 13.1 Å². The van der Waals surface area contributed by atoms with Crippen LogP contribution in [0.25, 0.3) is 10.9 Å². The fourth-order valence-corrected chi connectivity index (χ4v) is 4.99. The Morgan fingerprint density at radius 2 is 2.03 bits per heavy atom. The van der Waals surface area contributed by atoms with E-state index < -0.39 is 10.0 Å². The molecular formula is C24H30N4O4S. The summed E-state index contributed by atoms with van der Waals surface area (Å²) in [6.45, 7) is 2.70. The van der Waals surface area contributed by atoms with Crippen molar-refractivity contribution in [2.45, 2.75) is 30.4 Å². The van der Waals surface area contributed by atoms with Gasteiger partial charge in [-0.15, -0.1) is 0 Å². The number of hydrogen-bond acceptors (Lipinski definition) is 5. The van der Waals surface area contributed by atoms with E-state index in [9.17, 15) is 13.2 Å². The predicted molar refractivity (Wildman–Crippen MR) is 129 cm³/mol. The molecule has 0 aliphatic carbocycles. The SMILES string of the molecule is CN(C)CCn1ccc2cc(NC(=O)c3cccc(S(=O)(=O)NCC4CCCO4)c3)ccc21. The molecule has 0 radical (unpaired) electrons. The standard InChI is InChI=1S/C24H30N4O4S/c1-27(2)12-13-28-11-10-18-15-20(8-9-23(18)28)26-24(29)19-5-3-7-22(16-19)33(30,31)25-17-21-6-4-14-32-21/h3,5,7-11,15-16,21,25H,4,6,12-14,17H2,1-2H3,(H,26,29). The van der Waals surface area contributed by atoms with E-state index in [2.05, 4.69) is 19.5 Å². The molecule has 1 unspecified atom stereocenters. The highest BCUT2D eigenvalue weighted by atomic mass is 32.2. The summed E-state index contributed by atoms with van der Waals surface area (Å²) in [7, 11) is 0.352. The molecule has 1 fully saturated rings. The van der Waals surface area contributed by atoms with E-state index in [1.807, 2.05) is 44.6 Å². The van der Waals surface area contributed by atoms with Crippen molar-refractivity contribution in [3.63, 3.8) is 0 Å². The zero-order chi connectivity index (χ0) is 23.4. The highest BCUT2D eigenvalue weighted by Gasteiger charge is 2.21. The Morgan fingerprint density at radius 1 is 1.18 bits per heavy atom. The number of anilines is 1. The topological polar surface area (TPSA) is 92.7 Å². The van der Waals surface area contributed by atoms with Crippen molar-refractivity contribution in [2.24, 2.45) is 0 Å². The molecule has 0 spiro atoms. The largest absolute Gasteiger partial charge is 0.377 e. The maximum atomic E-state index is 12.8. The maximum Gasteiger partial charge on any atom is 0.255 e. The number of nitrogens with one attached hydrogen (secondary N) is 2. The molecule has 2 aromatic carbocycles. The van der Waals surface area contributed by atoms with Crippen LogP contribution in [0.2, 0.25) is 0 Å². The van der Waals surface area contributed by atoms with Crippen molar-refractivity contribution >= 4 is 32.5 Å². The average Bonchev–Trinajstić information content (AvgIpc) is 3.46. The van der Waals surface area contributed by atoms with Gasteiger partial charge < -0.3 is 19.5 Å². The van der Waals surface area contributed by atoms with Gasteiger partial charge in [0.2, 0.25) is 10.0 Å². The number of likely N-dealkylation sites (N-methyl/N-ethyl adjacent to an activating group) is 1. The van der Waals surface area contributed by atoms with E-state index in [4.69, 9.17) is 4.74 Å². The van der Waals surface area contributed by atoms with Gasteiger partial charge in [0.05, 0.1) is 11.0 Å². The van der Waals surface area contributed by atoms with E-state index in [1.165, 1.54) is 12.1 Å². The van der Waals surface area contributed by atoms with Gasteiger partial charge in [0, 0.05) is 54.6 Å². The molecule has 0 saturated carbocycles. The summed E-state index contributed by atoms with van der Waals surface area (Å²) in [5.74, 6) is -0.363. The maximum absolute atomic E-state index is 12.8. The first-order valence-electron chi connectivity index (χ1n) is 11.1. The van der Waals surface area contributed by atoms with Gasteiger partial charge in [0.25, 0.3) is 5.91 Å². The highest BCUT2D eigenvalue weighted by molar-refractivity contribution is 7.89. The molecule has 176 valence electrons. The number of carbonyl (C=O) groups is 1. The monoisotopic (exact) mass is 470 g/mol. The van der Waals surface area contributed by atoms with Crippen LogP contribution in [0.4, 0.5) is 5.69 Å². The lowest BCUT2D eigenvalue weighted by molar-refractivity contribution is 0.102. The number of benzene rings is 2. The summed E-state index contributed by atoms with van der Waals surface area (Å²) in [6.07, 6.45) is 3.72. The molecule has 2 N–H and O–H groups in total. The second kappa shape index (κ2) is 10.0. The van der Waals surface area contributed by atoms with E-state index in [1.54, 1.807) is 12.1 Å². The second-order valence-electron chi connectivity index (χ2n) is 8.55. The van der Waals surface area contributed by atoms with Crippen molar-refractivity contribution in [3.8, 4) is 0 Å². The zero-order valence-corrected chi connectivity index (χ0v) is 19.8. The predicted octanol–water partition coefficient (Wildman–Crippen LogP) is 2.91. The number of ether oxygens (including phenoxy) is 1. The Hall–Kier alpha value is -2.72. The number of amides is 1. The van der Waals surface area contributed by atoms with Crippen molar-refractivity contribution in [3.05, 3.63) is 60.3 Å². The van der Waals surface area contributed by atoms with Crippen LogP contribution in [0.3, 0.4) is 0 Å². The highest BCUT2D eigenvalue weighted by Crippen LogP contribution is 2.22. The summed E-state index contributed by atoms with van der Waals surface area (Å²) in [5.41, 5.74) is 2.03. The first-order chi connectivity index (χ1) is 15.8. The smallest absolute Gasteiger partial charge is 0.255 e. The van der Waals surface area contributed by atoms with E-state index in [0.717, 1.165) is 36.8 Å². The Bertz CT molecular complexity index is 1230. The molecule has 8 nitrogen and oxygen atoms in total. The van der Waals surface area contributed by atoms with Crippen molar-refractivity contribution in [1.29, 1.82) is 0 Å². The van der Waals surface area contributed by atoms with Crippen LogP contribution in [0, 0.1) is 0 Å². The average molecular weight is 471 g/mol. The zero-order valence-electron chi connectivity index (χ0n) is 19.0. The van der Waals surface area contributed by atoms with Gasteiger partial charge in [-0.05, 0) is 69.4 Å². The Balaban J connectivity index is 1.44. The van der Waals surface area contributed by atoms with E-state index in [0.29, 0.717) is 12.3 Å². The molecule has 1 amide bonds. The van der Waals surface area contributed by atoms with Gasteiger partial charge in [0.15, 0.2) is 0 Å². The molecule has 1 aromatic heterocycles. The first kappa shape index (κ1) is 23.4. The van der Waals surface area contributed by atoms with Crippen LogP contribution in [0.15, 0.2) is 59.6 Å². The number of hydrogen-bond donors (Lipinski definition) is 2. The number of rotatable bonds is 9. The minimum atomic E-state index is -3.73. The van der Waals surface area contributed by atoms with Gasteiger partial charge in [-0.2, -0.15) is 0 Å². The van der Waals surface area contributed by atoms with Gasteiger partial charge in [-0.3, -0.25) is 4.79 Å².